The molecule has 0 spiro atoms. The summed E-state index contributed by atoms with van der Waals surface area (Å²) in [6.07, 6.45) is 4.27. The zero-order valence-corrected chi connectivity index (χ0v) is 12.5. The van der Waals surface area contributed by atoms with Crippen LogP contribution in [0.1, 0.15) is 43.0 Å². The van der Waals surface area contributed by atoms with E-state index in [2.05, 4.69) is 17.5 Å². The van der Waals surface area contributed by atoms with E-state index in [1.54, 1.807) is 18.2 Å². The van der Waals surface area contributed by atoms with Crippen molar-refractivity contribution < 1.29 is 9.53 Å². The van der Waals surface area contributed by atoms with Crippen LogP contribution in [-0.2, 0) is 0 Å². The predicted octanol–water partition coefficient (Wildman–Crippen LogP) is 3.64. The number of nitrogens with zero attached hydrogens (tertiary/aromatic N) is 1. The van der Waals surface area contributed by atoms with Gasteiger partial charge in [-0.05, 0) is 49.8 Å². The highest BCUT2D eigenvalue weighted by molar-refractivity contribution is 6.31. The van der Waals surface area contributed by atoms with Gasteiger partial charge in [0.2, 0.25) is 0 Å². The molecule has 1 aliphatic rings. The summed E-state index contributed by atoms with van der Waals surface area (Å²) >= 11 is 5.91. The van der Waals surface area contributed by atoms with E-state index >= 15 is 0 Å². The lowest BCUT2D eigenvalue weighted by Gasteiger charge is -2.19. The minimum atomic E-state index is -0.296. The standard InChI is InChI=1S/C15H19ClN2O2/c1-10-4-3-5-12(8-10)17-18-15(19)13-9-11(16)6-7-14(13)20-2/h6-7,9-10H,3-5,8H2,1-2H3,(H,18,19). The van der Waals surface area contributed by atoms with Gasteiger partial charge in [-0.1, -0.05) is 18.5 Å². The number of nitrogens with one attached hydrogen (secondary N) is 1. The number of carbonyl (C=O) groups excluding carboxylic acids is 1. The molecule has 20 heavy (non-hydrogen) atoms. The van der Waals surface area contributed by atoms with Crippen LogP contribution in [0.3, 0.4) is 0 Å². The van der Waals surface area contributed by atoms with Gasteiger partial charge >= 0.3 is 0 Å². The third-order valence-electron chi connectivity index (χ3n) is 3.47. The Morgan fingerprint density at radius 2 is 2.30 bits per heavy atom. The van der Waals surface area contributed by atoms with Gasteiger partial charge in [0.05, 0.1) is 12.7 Å². The smallest absolute Gasteiger partial charge is 0.275 e. The largest absolute Gasteiger partial charge is 0.496 e. The quantitative estimate of drug-likeness (QED) is 0.865. The van der Waals surface area contributed by atoms with Crippen LogP contribution < -0.4 is 10.2 Å². The molecule has 1 unspecified atom stereocenters. The predicted molar refractivity (Wildman–Crippen MR) is 80.5 cm³/mol. The van der Waals surface area contributed by atoms with Crippen molar-refractivity contribution >= 4 is 23.2 Å². The maximum absolute atomic E-state index is 12.1. The van der Waals surface area contributed by atoms with Crippen molar-refractivity contribution in [3.8, 4) is 5.75 Å². The molecule has 1 aliphatic carbocycles. The van der Waals surface area contributed by atoms with Crippen molar-refractivity contribution in [2.75, 3.05) is 7.11 Å². The fraction of sp³-hybridized carbons (Fsp3) is 0.467. The number of hydrogen-bond donors (Lipinski definition) is 1. The highest BCUT2D eigenvalue weighted by Crippen LogP contribution is 2.23. The molecule has 108 valence electrons. The summed E-state index contributed by atoms with van der Waals surface area (Å²) in [5.74, 6) is 0.833. The Morgan fingerprint density at radius 1 is 1.50 bits per heavy atom. The number of rotatable bonds is 3. The van der Waals surface area contributed by atoms with Crippen LogP contribution in [0.4, 0.5) is 0 Å². The molecule has 1 amide bonds. The summed E-state index contributed by atoms with van der Waals surface area (Å²) in [5.41, 5.74) is 4.05. The SMILES string of the molecule is COc1ccc(Cl)cc1C(=O)NN=C1CCCC(C)C1. The molecule has 0 aromatic heterocycles. The molecule has 0 bridgehead atoms. The molecule has 0 heterocycles. The first-order valence-corrected chi connectivity index (χ1v) is 7.17. The Kier molecular flexibility index (Phi) is 5.01. The second-order valence-corrected chi connectivity index (χ2v) is 5.60. The van der Waals surface area contributed by atoms with E-state index in [9.17, 15) is 4.79 Å². The normalized spacial score (nSPS) is 20.8. The molecular weight excluding hydrogens is 276 g/mol. The lowest BCUT2D eigenvalue weighted by atomic mass is 9.89. The lowest BCUT2D eigenvalue weighted by molar-refractivity contribution is 0.0951. The molecular formula is C15H19ClN2O2. The summed E-state index contributed by atoms with van der Waals surface area (Å²) in [7, 11) is 1.52. The summed E-state index contributed by atoms with van der Waals surface area (Å²) < 4.78 is 5.16. The second-order valence-electron chi connectivity index (χ2n) is 5.17. The van der Waals surface area contributed by atoms with E-state index in [0.717, 1.165) is 25.0 Å². The zero-order valence-electron chi connectivity index (χ0n) is 11.8. The third kappa shape index (κ3) is 3.73. The van der Waals surface area contributed by atoms with E-state index in [-0.39, 0.29) is 5.91 Å². The van der Waals surface area contributed by atoms with Crippen molar-refractivity contribution in [1.29, 1.82) is 0 Å². The molecule has 4 nitrogen and oxygen atoms in total. The first kappa shape index (κ1) is 14.9. The Balaban J connectivity index is 2.08. The van der Waals surface area contributed by atoms with Crippen molar-refractivity contribution in [3.63, 3.8) is 0 Å². The van der Waals surface area contributed by atoms with Crippen molar-refractivity contribution in [3.05, 3.63) is 28.8 Å². The van der Waals surface area contributed by atoms with Gasteiger partial charge in [-0.25, -0.2) is 5.43 Å². The molecule has 1 N–H and O–H groups in total. The van der Waals surface area contributed by atoms with Gasteiger partial charge in [-0.3, -0.25) is 4.79 Å². The average molecular weight is 295 g/mol. The lowest BCUT2D eigenvalue weighted by Crippen LogP contribution is -2.22. The number of hydrogen-bond acceptors (Lipinski definition) is 3. The van der Waals surface area contributed by atoms with Gasteiger partial charge < -0.3 is 4.74 Å². The molecule has 2 rings (SSSR count). The molecule has 0 saturated heterocycles. The van der Waals surface area contributed by atoms with E-state index in [0.29, 0.717) is 22.3 Å². The minimum absolute atomic E-state index is 0.296. The number of ether oxygens (including phenoxy) is 1. The van der Waals surface area contributed by atoms with E-state index < -0.39 is 0 Å². The first-order valence-electron chi connectivity index (χ1n) is 6.79. The first-order chi connectivity index (χ1) is 9.60. The highest BCUT2D eigenvalue weighted by Gasteiger charge is 2.16. The Hall–Kier alpha value is -1.55. The van der Waals surface area contributed by atoms with E-state index in [4.69, 9.17) is 16.3 Å². The summed E-state index contributed by atoms with van der Waals surface area (Å²) in [4.78, 5) is 12.1. The fourth-order valence-electron chi connectivity index (χ4n) is 2.41. The summed E-state index contributed by atoms with van der Waals surface area (Å²) in [6.45, 7) is 2.20. The van der Waals surface area contributed by atoms with E-state index in [1.807, 2.05) is 0 Å². The van der Waals surface area contributed by atoms with Crippen molar-refractivity contribution in [2.24, 2.45) is 11.0 Å². The monoisotopic (exact) mass is 294 g/mol. The topological polar surface area (TPSA) is 50.7 Å². The van der Waals surface area contributed by atoms with Gasteiger partial charge in [0.15, 0.2) is 0 Å². The van der Waals surface area contributed by atoms with Crippen LogP contribution in [0.5, 0.6) is 5.75 Å². The molecule has 0 aliphatic heterocycles. The number of halogens is 1. The van der Waals surface area contributed by atoms with E-state index in [1.165, 1.54) is 13.5 Å². The molecule has 1 saturated carbocycles. The Morgan fingerprint density at radius 3 is 3.00 bits per heavy atom. The molecule has 1 atom stereocenters. The molecule has 5 heteroatoms. The van der Waals surface area contributed by atoms with Gasteiger partial charge in [-0.2, -0.15) is 5.10 Å². The number of hydrazone groups is 1. The number of carbonyl (C=O) groups is 1. The third-order valence-corrected chi connectivity index (χ3v) is 3.70. The second kappa shape index (κ2) is 6.75. The van der Waals surface area contributed by atoms with Crippen LogP contribution >= 0.6 is 11.6 Å². The van der Waals surface area contributed by atoms with Gasteiger partial charge in [-0.15, -0.1) is 0 Å². The number of amides is 1. The zero-order chi connectivity index (χ0) is 14.5. The fourth-order valence-corrected chi connectivity index (χ4v) is 2.58. The average Bonchev–Trinajstić information content (AvgIpc) is 2.45. The maximum Gasteiger partial charge on any atom is 0.275 e. The minimum Gasteiger partial charge on any atom is -0.496 e. The van der Waals surface area contributed by atoms with Crippen molar-refractivity contribution in [1.82, 2.24) is 5.43 Å². The molecule has 1 aromatic rings. The maximum atomic E-state index is 12.1. The summed E-state index contributed by atoms with van der Waals surface area (Å²) in [6, 6.07) is 4.94. The van der Waals surface area contributed by atoms with Crippen LogP contribution in [0.15, 0.2) is 23.3 Å². The highest BCUT2D eigenvalue weighted by atomic mass is 35.5. The van der Waals surface area contributed by atoms with Gasteiger partial charge in [0.25, 0.3) is 5.91 Å². The van der Waals surface area contributed by atoms with Crippen molar-refractivity contribution in [2.45, 2.75) is 32.6 Å². The summed E-state index contributed by atoms with van der Waals surface area (Å²) in [5, 5.41) is 4.73. The van der Waals surface area contributed by atoms with Crippen LogP contribution in [0, 0.1) is 5.92 Å². The Bertz CT molecular complexity index is 529. The van der Waals surface area contributed by atoms with Crippen LogP contribution in [-0.4, -0.2) is 18.7 Å². The number of benzene rings is 1. The van der Waals surface area contributed by atoms with Crippen LogP contribution in [0.2, 0.25) is 5.02 Å². The Labute approximate surface area is 124 Å². The van der Waals surface area contributed by atoms with Gasteiger partial charge in [0, 0.05) is 10.7 Å². The van der Waals surface area contributed by atoms with Gasteiger partial charge in [0.1, 0.15) is 5.75 Å². The molecule has 1 fully saturated rings. The molecule has 1 aromatic carbocycles. The molecule has 0 radical (unpaired) electrons. The number of methoxy groups -OCH3 is 1. The van der Waals surface area contributed by atoms with Crippen LogP contribution in [0.25, 0.3) is 0 Å².